The summed E-state index contributed by atoms with van der Waals surface area (Å²) < 4.78 is 0. The molecule has 4 heteroatoms. The fraction of sp³-hybridized carbons (Fsp3) is 0.800. The molecule has 0 aromatic rings. The topological polar surface area (TPSA) is 50.4 Å². The molecule has 0 atom stereocenters. The minimum absolute atomic E-state index is 0.292. The number of hydrogen-bond donors (Lipinski definition) is 2. The van der Waals surface area contributed by atoms with Gasteiger partial charge in [0.1, 0.15) is 0 Å². The van der Waals surface area contributed by atoms with Crippen molar-refractivity contribution in [1.82, 2.24) is 10.8 Å². The monoisotopic (exact) mass is 132 g/mol. The van der Waals surface area contributed by atoms with E-state index >= 15 is 0 Å². The van der Waals surface area contributed by atoms with Crippen molar-refractivity contribution in [2.75, 3.05) is 13.2 Å². The van der Waals surface area contributed by atoms with Crippen molar-refractivity contribution in [2.45, 2.75) is 13.8 Å². The van der Waals surface area contributed by atoms with E-state index < -0.39 is 0 Å². The molecule has 0 aliphatic carbocycles. The van der Waals surface area contributed by atoms with E-state index in [0.717, 1.165) is 0 Å². The van der Waals surface area contributed by atoms with Crippen LogP contribution in [0.15, 0.2) is 0 Å². The number of nitrogens with one attached hydrogen (secondary N) is 2. The lowest BCUT2D eigenvalue weighted by Gasteiger charge is -2.02. The van der Waals surface area contributed by atoms with E-state index in [9.17, 15) is 4.79 Å². The van der Waals surface area contributed by atoms with Crippen LogP contribution in [0.2, 0.25) is 0 Å². The lowest BCUT2D eigenvalue weighted by atomic mass is 10.7. The first kappa shape index (κ1) is 8.23. The van der Waals surface area contributed by atoms with Gasteiger partial charge in [-0.05, 0) is 13.8 Å². The average Bonchev–Trinajstić information content (AvgIpc) is 1.85. The van der Waals surface area contributed by atoms with Crippen molar-refractivity contribution in [3.05, 3.63) is 0 Å². The smallest absolute Gasteiger partial charge is 0.337 e. The third-order valence-electron chi connectivity index (χ3n) is 0.647. The van der Waals surface area contributed by atoms with Crippen LogP contribution in [-0.2, 0) is 4.84 Å². The molecule has 0 aliphatic heterocycles. The lowest BCUT2D eigenvalue weighted by Crippen LogP contribution is -2.35. The zero-order valence-electron chi connectivity index (χ0n) is 5.73. The van der Waals surface area contributed by atoms with Crippen molar-refractivity contribution >= 4 is 6.03 Å². The number of amides is 2. The summed E-state index contributed by atoms with van der Waals surface area (Å²) in [5.41, 5.74) is 2.18. The third kappa shape index (κ3) is 5.10. The molecule has 2 amide bonds. The van der Waals surface area contributed by atoms with E-state index in [4.69, 9.17) is 0 Å². The zero-order valence-corrected chi connectivity index (χ0v) is 5.73. The minimum Gasteiger partial charge on any atom is -0.337 e. The van der Waals surface area contributed by atoms with Gasteiger partial charge < -0.3 is 5.32 Å². The standard InChI is InChI=1S/C5H12N2O2/c1-3-6-5(8)7-9-4-2/h3-4H2,1-2H3,(H2,6,7,8). The van der Waals surface area contributed by atoms with Gasteiger partial charge >= 0.3 is 6.03 Å². The second kappa shape index (κ2) is 5.37. The molecule has 0 aliphatic rings. The highest BCUT2D eigenvalue weighted by Crippen LogP contribution is 1.65. The normalized spacial score (nSPS) is 8.67. The molecule has 0 radical (unpaired) electrons. The van der Waals surface area contributed by atoms with Gasteiger partial charge in [0.2, 0.25) is 0 Å². The first-order chi connectivity index (χ1) is 4.31. The summed E-state index contributed by atoms with van der Waals surface area (Å²) in [4.78, 5) is 15.0. The van der Waals surface area contributed by atoms with E-state index in [2.05, 4.69) is 15.6 Å². The van der Waals surface area contributed by atoms with Crippen molar-refractivity contribution in [3.8, 4) is 0 Å². The number of hydrogen-bond acceptors (Lipinski definition) is 2. The molecule has 0 saturated heterocycles. The highest BCUT2D eigenvalue weighted by Gasteiger charge is 1.92. The van der Waals surface area contributed by atoms with E-state index in [0.29, 0.717) is 13.2 Å². The number of hydroxylamine groups is 1. The van der Waals surface area contributed by atoms with Crippen LogP contribution in [0.4, 0.5) is 4.79 Å². The Bertz CT molecular complexity index is 85.0. The highest BCUT2D eigenvalue weighted by atomic mass is 16.7. The molecule has 0 fully saturated rings. The van der Waals surface area contributed by atoms with Crippen molar-refractivity contribution in [3.63, 3.8) is 0 Å². The lowest BCUT2D eigenvalue weighted by molar-refractivity contribution is 0.0709. The Morgan fingerprint density at radius 3 is 2.67 bits per heavy atom. The summed E-state index contributed by atoms with van der Waals surface area (Å²) in [6, 6.07) is -0.292. The number of carbonyl (C=O) groups is 1. The van der Waals surface area contributed by atoms with Crippen LogP contribution in [0, 0.1) is 0 Å². The van der Waals surface area contributed by atoms with Gasteiger partial charge in [-0.2, -0.15) is 0 Å². The van der Waals surface area contributed by atoms with Crippen LogP contribution in [0.1, 0.15) is 13.8 Å². The van der Waals surface area contributed by atoms with Gasteiger partial charge in [-0.3, -0.25) is 4.84 Å². The number of urea groups is 1. The quantitative estimate of drug-likeness (QED) is 0.541. The molecular weight excluding hydrogens is 120 g/mol. The van der Waals surface area contributed by atoms with Crippen molar-refractivity contribution in [1.29, 1.82) is 0 Å². The molecule has 0 unspecified atom stereocenters. The minimum atomic E-state index is -0.292. The molecule has 0 spiro atoms. The molecule has 2 N–H and O–H groups in total. The Kier molecular flexibility index (Phi) is 4.91. The van der Waals surface area contributed by atoms with Crippen molar-refractivity contribution in [2.24, 2.45) is 0 Å². The Hall–Kier alpha value is -0.770. The summed E-state index contributed by atoms with van der Waals surface area (Å²) in [5, 5.41) is 2.51. The molecule has 0 aromatic carbocycles. The maximum atomic E-state index is 10.5. The molecule has 0 aromatic heterocycles. The fourth-order valence-corrected chi connectivity index (χ4v) is 0.334. The van der Waals surface area contributed by atoms with Gasteiger partial charge in [-0.1, -0.05) is 0 Å². The van der Waals surface area contributed by atoms with Gasteiger partial charge in [0.25, 0.3) is 0 Å². The second-order valence-electron chi connectivity index (χ2n) is 1.39. The summed E-state index contributed by atoms with van der Waals surface area (Å²) >= 11 is 0. The van der Waals surface area contributed by atoms with Crippen LogP contribution >= 0.6 is 0 Å². The van der Waals surface area contributed by atoms with E-state index in [1.807, 2.05) is 6.92 Å². The molecule has 0 bridgehead atoms. The van der Waals surface area contributed by atoms with Crippen molar-refractivity contribution < 1.29 is 9.63 Å². The number of rotatable bonds is 3. The van der Waals surface area contributed by atoms with E-state index in [-0.39, 0.29) is 6.03 Å². The fourth-order valence-electron chi connectivity index (χ4n) is 0.334. The molecule has 9 heavy (non-hydrogen) atoms. The SMILES string of the molecule is CCNC(=O)NOCC. The van der Waals surface area contributed by atoms with E-state index in [1.165, 1.54) is 0 Å². The van der Waals surface area contributed by atoms with Crippen LogP contribution in [0.3, 0.4) is 0 Å². The molecule has 0 heterocycles. The largest absolute Gasteiger partial charge is 0.338 e. The van der Waals surface area contributed by atoms with E-state index in [1.54, 1.807) is 6.92 Å². The van der Waals surface area contributed by atoms with Crippen LogP contribution < -0.4 is 10.8 Å². The molecule has 4 nitrogen and oxygen atoms in total. The highest BCUT2D eigenvalue weighted by molar-refractivity contribution is 5.72. The van der Waals surface area contributed by atoms with Gasteiger partial charge in [0.05, 0.1) is 6.61 Å². The molecule has 0 saturated carbocycles. The molecular formula is C5H12N2O2. The third-order valence-corrected chi connectivity index (χ3v) is 0.647. The maximum Gasteiger partial charge on any atom is 0.338 e. The average molecular weight is 132 g/mol. The summed E-state index contributed by atoms with van der Waals surface area (Å²) in [7, 11) is 0. The van der Waals surface area contributed by atoms with Gasteiger partial charge in [-0.15, -0.1) is 0 Å². The van der Waals surface area contributed by atoms with Gasteiger partial charge in [0, 0.05) is 6.54 Å². The molecule has 54 valence electrons. The zero-order chi connectivity index (χ0) is 7.11. The first-order valence-corrected chi connectivity index (χ1v) is 2.96. The first-order valence-electron chi connectivity index (χ1n) is 2.96. The second-order valence-corrected chi connectivity index (χ2v) is 1.39. The summed E-state index contributed by atoms with van der Waals surface area (Å²) in [6.45, 7) is 4.73. The van der Waals surface area contributed by atoms with Crippen LogP contribution in [0.5, 0.6) is 0 Å². The Morgan fingerprint density at radius 2 is 2.22 bits per heavy atom. The number of carbonyl (C=O) groups excluding carboxylic acids is 1. The Labute approximate surface area is 54.5 Å². The Morgan fingerprint density at radius 1 is 1.56 bits per heavy atom. The summed E-state index contributed by atoms with van der Waals surface area (Å²) in [6.07, 6.45) is 0. The van der Waals surface area contributed by atoms with Crippen LogP contribution in [-0.4, -0.2) is 19.2 Å². The summed E-state index contributed by atoms with van der Waals surface area (Å²) in [5.74, 6) is 0. The molecule has 0 rings (SSSR count). The predicted octanol–water partition coefficient (Wildman–Crippen LogP) is 0.257. The Balaban J connectivity index is 3.06. The van der Waals surface area contributed by atoms with Gasteiger partial charge in [-0.25, -0.2) is 10.3 Å². The maximum absolute atomic E-state index is 10.5. The predicted molar refractivity (Wildman–Crippen MR) is 33.8 cm³/mol. The van der Waals surface area contributed by atoms with Gasteiger partial charge in [0.15, 0.2) is 0 Å². The van der Waals surface area contributed by atoms with Crippen LogP contribution in [0.25, 0.3) is 0 Å².